The Morgan fingerprint density at radius 2 is 1.90 bits per heavy atom. The minimum atomic E-state index is -4.87. The van der Waals surface area contributed by atoms with Crippen molar-refractivity contribution in [2.45, 2.75) is 36.9 Å². The lowest BCUT2D eigenvalue weighted by Gasteiger charge is -2.15. The fourth-order valence-electron chi connectivity index (χ4n) is 3.52. The molecule has 0 amide bonds. The third-order valence-corrected chi connectivity index (χ3v) is 6.88. The Hall–Kier alpha value is -1.78. The van der Waals surface area contributed by atoms with Crippen LogP contribution in [-0.4, -0.2) is 39.3 Å². The van der Waals surface area contributed by atoms with Gasteiger partial charge in [-0.15, -0.1) is 13.2 Å². The van der Waals surface area contributed by atoms with E-state index in [0.29, 0.717) is 11.6 Å². The summed E-state index contributed by atoms with van der Waals surface area (Å²) in [6, 6.07) is 10.3. The van der Waals surface area contributed by atoms with E-state index in [2.05, 4.69) is 37.2 Å². The maximum atomic E-state index is 12.6. The molecule has 1 fully saturated rings. The minimum Gasteiger partial charge on any atom is -0.405 e. The van der Waals surface area contributed by atoms with E-state index in [1.54, 1.807) is 12.1 Å². The van der Waals surface area contributed by atoms with Crippen LogP contribution in [-0.2, 0) is 10.0 Å². The first-order valence-corrected chi connectivity index (χ1v) is 11.8. The standard InChI is InChI=1S/C20H22BrF3N2O3S/c1-2-10-26-11-9-15(13-26)14-3-5-16(6-4-14)25-30(27,28)17-7-8-19(18(21)12-17)29-20(22,23)24/h3-8,12,15,25H,2,9-11,13H2,1H3. The summed E-state index contributed by atoms with van der Waals surface area (Å²) < 4.78 is 68.5. The van der Waals surface area contributed by atoms with Crippen LogP contribution < -0.4 is 9.46 Å². The van der Waals surface area contributed by atoms with Crippen LogP contribution in [0, 0.1) is 0 Å². The molecule has 10 heteroatoms. The average molecular weight is 507 g/mol. The van der Waals surface area contributed by atoms with E-state index < -0.39 is 22.1 Å². The number of ether oxygens (including phenoxy) is 1. The topological polar surface area (TPSA) is 58.6 Å². The molecule has 2 aromatic carbocycles. The van der Waals surface area contributed by atoms with Gasteiger partial charge in [0.05, 0.1) is 9.37 Å². The number of hydrogen-bond acceptors (Lipinski definition) is 4. The van der Waals surface area contributed by atoms with Gasteiger partial charge in [-0.1, -0.05) is 19.1 Å². The first kappa shape index (κ1) is 22.9. The first-order chi connectivity index (χ1) is 14.1. The Morgan fingerprint density at radius 3 is 2.50 bits per heavy atom. The predicted molar refractivity (Wildman–Crippen MR) is 112 cm³/mol. The zero-order chi connectivity index (χ0) is 21.9. The van der Waals surface area contributed by atoms with Gasteiger partial charge in [-0.25, -0.2) is 8.42 Å². The zero-order valence-corrected chi connectivity index (χ0v) is 18.6. The molecule has 1 atom stereocenters. The number of anilines is 1. The minimum absolute atomic E-state index is 0.115. The van der Waals surface area contributed by atoms with Gasteiger partial charge in [0.15, 0.2) is 0 Å². The van der Waals surface area contributed by atoms with Gasteiger partial charge in [0.25, 0.3) is 10.0 Å². The molecule has 0 bridgehead atoms. The average Bonchev–Trinajstić information content (AvgIpc) is 3.11. The number of sulfonamides is 1. The van der Waals surface area contributed by atoms with Gasteiger partial charge in [0.2, 0.25) is 0 Å². The number of halogens is 4. The molecule has 2 aromatic rings. The van der Waals surface area contributed by atoms with E-state index in [-0.39, 0.29) is 9.37 Å². The molecule has 164 valence electrons. The Labute approximate surface area is 182 Å². The molecule has 1 heterocycles. The van der Waals surface area contributed by atoms with Gasteiger partial charge in [-0.05, 0) is 83.7 Å². The highest BCUT2D eigenvalue weighted by atomic mass is 79.9. The largest absolute Gasteiger partial charge is 0.573 e. The molecule has 1 aliphatic rings. The summed E-state index contributed by atoms with van der Waals surface area (Å²) in [4.78, 5) is 2.24. The van der Waals surface area contributed by atoms with Crippen LogP contribution >= 0.6 is 15.9 Å². The quantitative estimate of drug-likeness (QED) is 0.549. The molecule has 0 saturated carbocycles. The maximum absolute atomic E-state index is 12.6. The SMILES string of the molecule is CCCN1CCC(c2ccc(NS(=O)(=O)c3ccc(OC(F)(F)F)c(Br)c3)cc2)C1. The summed E-state index contributed by atoms with van der Waals surface area (Å²) in [6.45, 7) is 5.30. The molecule has 1 N–H and O–H groups in total. The monoisotopic (exact) mass is 506 g/mol. The van der Waals surface area contributed by atoms with Gasteiger partial charge >= 0.3 is 6.36 Å². The molecule has 0 spiro atoms. The van der Waals surface area contributed by atoms with Crippen LogP contribution in [0.25, 0.3) is 0 Å². The number of likely N-dealkylation sites (tertiary alicyclic amines) is 1. The fraction of sp³-hybridized carbons (Fsp3) is 0.400. The van der Waals surface area contributed by atoms with Crippen LogP contribution in [0.1, 0.15) is 31.2 Å². The van der Waals surface area contributed by atoms with E-state index in [1.807, 2.05) is 12.1 Å². The second-order valence-electron chi connectivity index (χ2n) is 7.15. The Morgan fingerprint density at radius 1 is 1.20 bits per heavy atom. The van der Waals surface area contributed by atoms with E-state index >= 15 is 0 Å². The number of rotatable bonds is 7. The lowest BCUT2D eigenvalue weighted by molar-refractivity contribution is -0.274. The van der Waals surface area contributed by atoms with E-state index in [9.17, 15) is 21.6 Å². The third kappa shape index (κ3) is 5.89. The summed E-state index contributed by atoms with van der Waals surface area (Å²) in [6.07, 6.45) is -2.67. The molecule has 1 aliphatic heterocycles. The molecule has 5 nitrogen and oxygen atoms in total. The van der Waals surface area contributed by atoms with E-state index in [1.165, 1.54) is 0 Å². The summed E-state index contributed by atoms with van der Waals surface area (Å²) >= 11 is 2.92. The predicted octanol–water partition coefficient (Wildman–Crippen LogP) is 5.35. The number of alkyl halides is 3. The highest BCUT2D eigenvalue weighted by Gasteiger charge is 2.32. The lowest BCUT2D eigenvalue weighted by Crippen LogP contribution is -2.20. The number of nitrogens with one attached hydrogen (secondary N) is 1. The molecule has 0 radical (unpaired) electrons. The van der Waals surface area contributed by atoms with Gasteiger partial charge in [0.1, 0.15) is 5.75 Å². The molecule has 1 unspecified atom stereocenters. The normalized spacial score (nSPS) is 17.8. The summed E-state index contributed by atoms with van der Waals surface area (Å²) in [5.74, 6) is -0.0844. The van der Waals surface area contributed by atoms with Crippen LogP contribution in [0.4, 0.5) is 18.9 Å². The Bertz CT molecular complexity index is 982. The molecular weight excluding hydrogens is 485 g/mol. The van der Waals surface area contributed by atoms with Gasteiger partial charge in [-0.3, -0.25) is 4.72 Å². The first-order valence-electron chi connectivity index (χ1n) is 9.48. The van der Waals surface area contributed by atoms with E-state index in [0.717, 1.165) is 56.2 Å². The van der Waals surface area contributed by atoms with Crippen molar-refractivity contribution >= 4 is 31.6 Å². The summed E-state index contributed by atoms with van der Waals surface area (Å²) in [5.41, 5.74) is 1.54. The Kier molecular flexibility index (Phi) is 6.98. The molecule has 3 rings (SSSR count). The van der Waals surface area contributed by atoms with Crippen molar-refractivity contribution in [1.29, 1.82) is 0 Å². The van der Waals surface area contributed by atoms with Crippen molar-refractivity contribution in [3.8, 4) is 5.75 Å². The molecular formula is C20H22BrF3N2O3S. The van der Waals surface area contributed by atoms with Gasteiger partial charge < -0.3 is 9.64 Å². The van der Waals surface area contributed by atoms with Crippen LogP contribution in [0.3, 0.4) is 0 Å². The van der Waals surface area contributed by atoms with Crippen LogP contribution in [0.15, 0.2) is 51.8 Å². The van der Waals surface area contributed by atoms with Crippen molar-refractivity contribution in [2.24, 2.45) is 0 Å². The summed E-state index contributed by atoms with van der Waals surface area (Å²) in [7, 11) is -3.97. The molecule has 1 saturated heterocycles. The van der Waals surface area contributed by atoms with Crippen LogP contribution in [0.5, 0.6) is 5.75 Å². The van der Waals surface area contributed by atoms with Crippen molar-refractivity contribution < 1.29 is 26.3 Å². The van der Waals surface area contributed by atoms with E-state index in [4.69, 9.17) is 0 Å². The van der Waals surface area contributed by atoms with Crippen molar-refractivity contribution in [1.82, 2.24) is 4.90 Å². The highest BCUT2D eigenvalue weighted by molar-refractivity contribution is 9.10. The molecule has 30 heavy (non-hydrogen) atoms. The smallest absolute Gasteiger partial charge is 0.405 e. The van der Waals surface area contributed by atoms with Gasteiger partial charge in [-0.2, -0.15) is 0 Å². The van der Waals surface area contributed by atoms with Crippen molar-refractivity contribution in [2.75, 3.05) is 24.4 Å². The molecule has 0 aromatic heterocycles. The lowest BCUT2D eigenvalue weighted by atomic mass is 9.98. The molecule has 0 aliphatic carbocycles. The number of nitrogens with zero attached hydrogens (tertiary/aromatic N) is 1. The third-order valence-electron chi connectivity index (χ3n) is 4.89. The number of hydrogen-bond donors (Lipinski definition) is 1. The zero-order valence-electron chi connectivity index (χ0n) is 16.2. The second-order valence-corrected chi connectivity index (χ2v) is 9.69. The van der Waals surface area contributed by atoms with Crippen LogP contribution in [0.2, 0.25) is 0 Å². The van der Waals surface area contributed by atoms with Crippen molar-refractivity contribution in [3.05, 3.63) is 52.5 Å². The fourth-order valence-corrected chi connectivity index (χ4v) is 5.21. The highest BCUT2D eigenvalue weighted by Crippen LogP contribution is 2.33. The summed E-state index contributed by atoms with van der Waals surface area (Å²) in [5, 5.41) is 0. The second kappa shape index (κ2) is 9.15. The van der Waals surface area contributed by atoms with Crippen molar-refractivity contribution in [3.63, 3.8) is 0 Å². The number of benzene rings is 2. The maximum Gasteiger partial charge on any atom is 0.573 e. The van der Waals surface area contributed by atoms with Gasteiger partial charge in [0, 0.05) is 12.2 Å². The Balaban J connectivity index is 1.69.